The van der Waals surface area contributed by atoms with Crippen LogP contribution in [-0.2, 0) is 14.4 Å². The van der Waals surface area contributed by atoms with E-state index >= 15 is 0 Å². The molecular formula is C16H15IN2O5S. The summed E-state index contributed by atoms with van der Waals surface area (Å²) in [7, 11) is 0. The summed E-state index contributed by atoms with van der Waals surface area (Å²) >= 11 is 3.12. The third kappa shape index (κ3) is 5.30. The molecule has 1 heterocycles. The van der Waals surface area contributed by atoms with Gasteiger partial charge in [0.25, 0.3) is 5.91 Å². The Bertz CT molecular complexity index is 804. The number of benzene rings is 1. The van der Waals surface area contributed by atoms with E-state index in [1.807, 2.05) is 29.5 Å². The Kier molecular flexibility index (Phi) is 6.59. The number of amides is 2. The van der Waals surface area contributed by atoms with Crippen LogP contribution in [0.25, 0.3) is 6.08 Å². The first kappa shape index (κ1) is 19.4. The molecule has 0 saturated heterocycles. The second-order valence-electron chi connectivity index (χ2n) is 4.87. The molecule has 0 fully saturated rings. The molecule has 2 amide bonds. The first-order chi connectivity index (χ1) is 11.8. The lowest BCUT2D eigenvalue weighted by atomic mass is 10.2. The highest BCUT2D eigenvalue weighted by atomic mass is 127. The highest BCUT2D eigenvalue weighted by molar-refractivity contribution is 14.1. The van der Waals surface area contributed by atoms with Gasteiger partial charge in [-0.2, -0.15) is 4.99 Å². The summed E-state index contributed by atoms with van der Waals surface area (Å²) in [5, 5.41) is 2.74. The summed E-state index contributed by atoms with van der Waals surface area (Å²) in [5.41, 5.74) is 0.693. The summed E-state index contributed by atoms with van der Waals surface area (Å²) in [5.74, 6) is -0.405. The SMILES string of the molecule is CCOc1cc(/C=C2\SC(NC(C)=O)=NC2=O)cc(I)c1OC(C)=O. The Hall–Kier alpha value is -1.88. The van der Waals surface area contributed by atoms with Gasteiger partial charge in [-0.15, -0.1) is 0 Å². The highest BCUT2D eigenvalue weighted by Gasteiger charge is 2.23. The Balaban J connectivity index is 2.33. The lowest BCUT2D eigenvalue weighted by Crippen LogP contribution is -2.23. The summed E-state index contributed by atoms with van der Waals surface area (Å²) in [6.07, 6.45) is 1.65. The van der Waals surface area contributed by atoms with Crippen molar-refractivity contribution in [1.82, 2.24) is 5.32 Å². The zero-order valence-corrected chi connectivity index (χ0v) is 16.7. The van der Waals surface area contributed by atoms with Crippen molar-refractivity contribution in [3.8, 4) is 11.5 Å². The summed E-state index contributed by atoms with van der Waals surface area (Å²) in [6, 6.07) is 3.44. The fraction of sp³-hybridized carbons (Fsp3) is 0.250. The molecule has 0 radical (unpaired) electrons. The van der Waals surface area contributed by atoms with E-state index in [1.54, 1.807) is 18.2 Å². The molecule has 1 aromatic rings. The predicted octanol–water partition coefficient (Wildman–Crippen LogP) is 2.72. The lowest BCUT2D eigenvalue weighted by molar-refractivity contribution is -0.132. The lowest BCUT2D eigenvalue weighted by Gasteiger charge is -2.12. The molecule has 0 unspecified atom stereocenters. The molecule has 2 rings (SSSR count). The van der Waals surface area contributed by atoms with E-state index in [2.05, 4.69) is 10.3 Å². The van der Waals surface area contributed by atoms with Gasteiger partial charge in [-0.3, -0.25) is 14.4 Å². The van der Waals surface area contributed by atoms with Crippen molar-refractivity contribution in [2.75, 3.05) is 6.61 Å². The van der Waals surface area contributed by atoms with E-state index in [0.29, 0.717) is 32.1 Å². The van der Waals surface area contributed by atoms with Gasteiger partial charge >= 0.3 is 5.97 Å². The average Bonchev–Trinajstić information content (AvgIpc) is 2.81. The molecular weight excluding hydrogens is 459 g/mol. The van der Waals surface area contributed by atoms with Crippen molar-refractivity contribution in [2.24, 2.45) is 4.99 Å². The number of amidine groups is 1. The quantitative estimate of drug-likeness (QED) is 0.312. The van der Waals surface area contributed by atoms with Gasteiger partial charge in [-0.1, -0.05) is 0 Å². The van der Waals surface area contributed by atoms with Crippen LogP contribution in [0, 0.1) is 3.57 Å². The number of esters is 1. The minimum atomic E-state index is -0.445. The molecule has 0 aliphatic carbocycles. The van der Waals surface area contributed by atoms with Crippen LogP contribution < -0.4 is 14.8 Å². The van der Waals surface area contributed by atoms with E-state index in [0.717, 1.165) is 11.8 Å². The Morgan fingerprint density at radius 1 is 1.36 bits per heavy atom. The number of nitrogens with zero attached hydrogens (tertiary/aromatic N) is 1. The molecule has 0 atom stereocenters. The largest absolute Gasteiger partial charge is 0.490 e. The average molecular weight is 474 g/mol. The second kappa shape index (κ2) is 8.48. The third-order valence-corrected chi connectivity index (χ3v) is 4.48. The predicted molar refractivity (Wildman–Crippen MR) is 103 cm³/mol. The van der Waals surface area contributed by atoms with E-state index in [9.17, 15) is 14.4 Å². The van der Waals surface area contributed by atoms with Gasteiger partial charge < -0.3 is 14.8 Å². The van der Waals surface area contributed by atoms with Crippen molar-refractivity contribution >= 4 is 63.4 Å². The van der Waals surface area contributed by atoms with Crippen LogP contribution in [0.4, 0.5) is 0 Å². The van der Waals surface area contributed by atoms with Crippen LogP contribution in [0.15, 0.2) is 22.0 Å². The van der Waals surface area contributed by atoms with Gasteiger partial charge in [-0.25, -0.2) is 0 Å². The monoisotopic (exact) mass is 474 g/mol. The molecule has 1 N–H and O–H groups in total. The topological polar surface area (TPSA) is 94.1 Å². The maximum Gasteiger partial charge on any atom is 0.308 e. The van der Waals surface area contributed by atoms with Gasteiger partial charge in [0.2, 0.25) is 5.91 Å². The molecule has 0 bridgehead atoms. The fourth-order valence-corrected chi connectivity index (χ4v) is 3.54. The highest BCUT2D eigenvalue weighted by Crippen LogP contribution is 2.36. The minimum absolute atomic E-state index is 0.250. The Morgan fingerprint density at radius 2 is 2.08 bits per heavy atom. The summed E-state index contributed by atoms with van der Waals surface area (Å²) in [6.45, 7) is 4.88. The summed E-state index contributed by atoms with van der Waals surface area (Å²) < 4.78 is 11.4. The van der Waals surface area contributed by atoms with E-state index in [1.165, 1.54) is 13.8 Å². The number of carbonyl (C=O) groups is 3. The van der Waals surface area contributed by atoms with Gasteiger partial charge in [0.15, 0.2) is 16.7 Å². The van der Waals surface area contributed by atoms with Gasteiger partial charge in [0.05, 0.1) is 15.1 Å². The van der Waals surface area contributed by atoms with Crippen LogP contribution in [0.1, 0.15) is 26.3 Å². The first-order valence-corrected chi connectivity index (χ1v) is 9.14. The van der Waals surface area contributed by atoms with E-state index < -0.39 is 11.9 Å². The van der Waals surface area contributed by atoms with Gasteiger partial charge in [0, 0.05) is 13.8 Å². The molecule has 0 aromatic heterocycles. The van der Waals surface area contributed by atoms with Crippen LogP contribution in [0.2, 0.25) is 0 Å². The van der Waals surface area contributed by atoms with Crippen molar-refractivity contribution in [3.05, 3.63) is 26.2 Å². The molecule has 1 aromatic carbocycles. The number of hydrogen-bond acceptors (Lipinski definition) is 6. The van der Waals surface area contributed by atoms with Gasteiger partial charge in [-0.05, 0) is 65.0 Å². The third-order valence-electron chi connectivity index (χ3n) is 2.78. The molecule has 25 heavy (non-hydrogen) atoms. The van der Waals surface area contributed by atoms with Crippen LogP contribution in [0.5, 0.6) is 11.5 Å². The van der Waals surface area contributed by atoms with E-state index in [4.69, 9.17) is 9.47 Å². The van der Waals surface area contributed by atoms with E-state index in [-0.39, 0.29) is 11.1 Å². The Labute approximate surface area is 162 Å². The molecule has 0 spiro atoms. The van der Waals surface area contributed by atoms with Gasteiger partial charge in [0.1, 0.15) is 0 Å². The molecule has 7 nitrogen and oxygen atoms in total. The minimum Gasteiger partial charge on any atom is -0.490 e. The van der Waals surface area contributed by atoms with Crippen LogP contribution in [0.3, 0.4) is 0 Å². The number of nitrogens with one attached hydrogen (secondary N) is 1. The standard InChI is InChI=1S/C16H15IN2O5S/c1-4-23-12-6-10(5-11(17)14(12)24-9(3)21)7-13-15(22)19-16(25-13)18-8(2)20/h5-7H,4H2,1-3H3,(H,18,19,20,22)/b13-7-. The number of hydrogen-bond donors (Lipinski definition) is 1. The van der Waals surface area contributed by atoms with Crippen molar-refractivity contribution in [2.45, 2.75) is 20.8 Å². The molecule has 9 heteroatoms. The smallest absolute Gasteiger partial charge is 0.308 e. The van der Waals surface area contributed by atoms with Crippen molar-refractivity contribution in [1.29, 1.82) is 0 Å². The van der Waals surface area contributed by atoms with Crippen molar-refractivity contribution < 1.29 is 23.9 Å². The normalized spacial score (nSPS) is 15.1. The number of carbonyl (C=O) groups excluding carboxylic acids is 3. The first-order valence-electron chi connectivity index (χ1n) is 7.25. The number of rotatable bonds is 4. The number of halogens is 1. The maximum atomic E-state index is 11.9. The molecule has 1 aliphatic heterocycles. The van der Waals surface area contributed by atoms with Crippen molar-refractivity contribution in [3.63, 3.8) is 0 Å². The zero-order valence-electron chi connectivity index (χ0n) is 13.7. The Morgan fingerprint density at radius 3 is 2.68 bits per heavy atom. The number of ether oxygens (including phenoxy) is 2. The van der Waals surface area contributed by atoms with Crippen LogP contribution in [-0.4, -0.2) is 29.6 Å². The molecule has 1 aliphatic rings. The zero-order chi connectivity index (χ0) is 18.6. The number of aliphatic imine (C=N–C) groups is 1. The van der Waals surface area contributed by atoms with Crippen LogP contribution >= 0.6 is 34.4 Å². The molecule has 0 saturated carbocycles. The fourth-order valence-electron chi connectivity index (χ4n) is 1.94. The number of thioether (sulfide) groups is 1. The summed E-state index contributed by atoms with van der Waals surface area (Å²) in [4.78, 5) is 38.4. The maximum absolute atomic E-state index is 11.9. The molecule has 132 valence electrons. The second-order valence-corrected chi connectivity index (χ2v) is 7.06.